The molecule has 1 heterocycles. The van der Waals surface area contributed by atoms with Crippen LogP contribution in [-0.4, -0.2) is 17.1 Å². The summed E-state index contributed by atoms with van der Waals surface area (Å²) in [5.41, 5.74) is 2.74. The molecule has 0 saturated carbocycles. The second-order valence-corrected chi connectivity index (χ2v) is 4.60. The normalized spacial score (nSPS) is 11.1. The number of hydrogen-bond donors (Lipinski definition) is 0. The minimum absolute atomic E-state index is 0.430. The number of rotatable bonds is 1. The Hall–Kier alpha value is -1.58. The minimum Gasteiger partial charge on any atom is -0.493 e. The Kier molecular flexibility index (Phi) is 2.73. The SMILES string of the molecule is COc1c(Cl)cc(Cl)c2nc3ccccc3nc12. The van der Waals surface area contributed by atoms with Gasteiger partial charge in [0.1, 0.15) is 11.0 Å². The average Bonchev–Trinajstić information content (AvgIpc) is 2.37. The van der Waals surface area contributed by atoms with Crippen LogP contribution in [0.5, 0.6) is 5.75 Å². The third-order valence-corrected chi connectivity index (χ3v) is 3.26. The lowest BCUT2D eigenvalue weighted by Gasteiger charge is -2.09. The van der Waals surface area contributed by atoms with E-state index in [1.165, 1.54) is 0 Å². The predicted molar refractivity (Wildman–Crippen MR) is 73.6 cm³/mol. The standard InChI is InChI=1S/C13H8Cl2N2O/c1-18-13-8(15)6-7(14)11-12(13)17-10-5-3-2-4-9(10)16-11/h2-6H,1H3. The number of para-hydroxylation sites is 2. The fraction of sp³-hybridized carbons (Fsp3) is 0.0769. The highest BCUT2D eigenvalue weighted by molar-refractivity contribution is 6.39. The highest BCUT2D eigenvalue weighted by Crippen LogP contribution is 2.36. The van der Waals surface area contributed by atoms with Crippen molar-refractivity contribution in [3.8, 4) is 5.75 Å². The molecule has 0 N–H and O–H groups in total. The number of ether oxygens (including phenoxy) is 1. The zero-order valence-electron chi connectivity index (χ0n) is 9.45. The Morgan fingerprint density at radius 3 is 2.17 bits per heavy atom. The first-order valence-corrected chi connectivity index (χ1v) is 6.05. The van der Waals surface area contributed by atoms with Gasteiger partial charge in [-0.2, -0.15) is 0 Å². The largest absolute Gasteiger partial charge is 0.493 e. The molecule has 0 atom stereocenters. The molecule has 0 aliphatic rings. The van der Waals surface area contributed by atoms with Crippen molar-refractivity contribution in [2.45, 2.75) is 0 Å². The molecule has 3 nitrogen and oxygen atoms in total. The van der Waals surface area contributed by atoms with Gasteiger partial charge in [-0.25, -0.2) is 9.97 Å². The van der Waals surface area contributed by atoms with E-state index >= 15 is 0 Å². The van der Waals surface area contributed by atoms with Crippen molar-refractivity contribution in [1.82, 2.24) is 9.97 Å². The van der Waals surface area contributed by atoms with Gasteiger partial charge >= 0.3 is 0 Å². The molecule has 2 aromatic carbocycles. The highest BCUT2D eigenvalue weighted by Gasteiger charge is 2.14. The Balaban J connectivity index is 2.52. The monoisotopic (exact) mass is 278 g/mol. The first kappa shape index (κ1) is 11.5. The first-order valence-electron chi connectivity index (χ1n) is 5.29. The summed E-state index contributed by atoms with van der Waals surface area (Å²) >= 11 is 12.2. The topological polar surface area (TPSA) is 35.0 Å². The summed E-state index contributed by atoms with van der Waals surface area (Å²) in [5.74, 6) is 0.495. The molecule has 0 bridgehead atoms. The van der Waals surface area contributed by atoms with Gasteiger partial charge < -0.3 is 4.74 Å². The van der Waals surface area contributed by atoms with Crippen LogP contribution in [0.4, 0.5) is 0 Å². The number of halogens is 2. The van der Waals surface area contributed by atoms with E-state index in [4.69, 9.17) is 27.9 Å². The van der Waals surface area contributed by atoms with Gasteiger partial charge in [-0.3, -0.25) is 0 Å². The van der Waals surface area contributed by atoms with Gasteiger partial charge in [0, 0.05) is 0 Å². The zero-order valence-corrected chi connectivity index (χ0v) is 11.0. The molecule has 0 radical (unpaired) electrons. The predicted octanol–water partition coefficient (Wildman–Crippen LogP) is 4.10. The van der Waals surface area contributed by atoms with Gasteiger partial charge in [-0.1, -0.05) is 35.3 Å². The lowest BCUT2D eigenvalue weighted by Crippen LogP contribution is -1.93. The number of hydrogen-bond acceptors (Lipinski definition) is 3. The van der Waals surface area contributed by atoms with E-state index in [-0.39, 0.29) is 0 Å². The zero-order chi connectivity index (χ0) is 12.7. The van der Waals surface area contributed by atoms with Crippen LogP contribution in [-0.2, 0) is 0 Å². The molecule has 0 aliphatic carbocycles. The second-order valence-electron chi connectivity index (χ2n) is 3.78. The van der Waals surface area contributed by atoms with E-state index in [0.717, 1.165) is 11.0 Å². The average molecular weight is 279 g/mol. The van der Waals surface area contributed by atoms with E-state index < -0.39 is 0 Å². The summed E-state index contributed by atoms with van der Waals surface area (Å²) in [5, 5.41) is 0.897. The Morgan fingerprint density at radius 1 is 0.944 bits per heavy atom. The molecular formula is C13H8Cl2N2O. The van der Waals surface area contributed by atoms with Gasteiger partial charge in [0.25, 0.3) is 0 Å². The lowest BCUT2D eigenvalue weighted by atomic mass is 10.2. The molecule has 0 saturated heterocycles. The summed E-state index contributed by atoms with van der Waals surface area (Å²) in [7, 11) is 1.55. The molecule has 0 amide bonds. The molecule has 3 aromatic rings. The van der Waals surface area contributed by atoms with Crippen molar-refractivity contribution in [1.29, 1.82) is 0 Å². The fourth-order valence-corrected chi connectivity index (χ4v) is 2.45. The molecule has 0 aliphatic heterocycles. The highest BCUT2D eigenvalue weighted by atomic mass is 35.5. The van der Waals surface area contributed by atoms with E-state index in [1.807, 2.05) is 24.3 Å². The summed E-state index contributed by atoms with van der Waals surface area (Å²) in [4.78, 5) is 9.01. The molecule has 5 heteroatoms. The molecule has 1 aromatic heterocycles. The summed E-state index contributed by atoms with van der Waals surface area (Å²) in [6.45, 7) is 0. The molecule has 18 heavy (non-hydrogen) atoms. The van der Waals surface area contributed by atoms with E-state index in [0.29, 0.717) is 26.8 Å². The van der Waals surface area contributed by atoms with Gasteiger partial charge in [0.05, 0.1) is 28.2 Å². The van der Waals surface area contributed by atoms with Crippen LogP contribution in [0.25, 0.3) is 22.1 Å². The number of methoxy groups -OCH3 is 1. The Labute approximate surface area is 113 Å². The van der Waals surface area contributed by atoms with E-state index in [2.05, 4.69) is 9.97 Å². The minimum atomic E-state index is 0.430. The lowest BCUT2D eigenvalue weighted by molar-refractivity contribution is 0.419. The van der Waals surface area contributed by atoms with E-state index in [9.17, 15) is 0 Å². The summed E-state index contributed by atoms with van der Waals surface area (Å²) in [6.07, 6.45) is 0. The first-order chi connectivity index (χ1) is 8.70. The molecule has 0 unspecified atom stereocenters. The van der Waals surface area contributed by atoms with Crippen LogP contribution in [0.15, 0.2) is 30.3 Å². The maximum absolute atomic E-state index is 6.15. The van der Waals surface area contributed by atoms with Gasteiger partial charge in [-0.05, 0) is 18.2 Å². The molecule has 3 rings (SSSR count). The van der Waals surface area contributed by atoms with Crippen molar-refractivity contribution in [2.75, 3.05) is 7.11 Å². The smallest absolute Gasteiger partial charge is 0.165 e. The summed E-state index contributed by atoms with van der Waals surface area (Å²) in [6, 6.07) is 9.20. The van der Waals surface area contributed by atoms with Crippen molar-refractivity contribution in [3.05, 3.63) is 40.4 Å². The van der Waals surface area contributed by atoms with Crippen molar-refractivity contribution >= 4 is 45.3 Å². The fourth-order valence-electron chi connectivity index (χ4n) is 1.88. The third-order valence-electron chi connectivity index (χ3n) is 2.69. The maximum atomic E-state index is 6.15. The number of nitrogens with zero attached hydrogens (tertiary/aromatic N) is 2. The number of benzene rings is 2. The van der Waals surface area contributed by atoms with Crippen molar-refractivity contribution in [3.63, 3.8) is 0 Å². The number of fused-ring (bicyclic) bond motifs is 2. The molecule has 0 fully saturated rings. The van der Waals surface area contributed by atoms with Crippen LogP contribution in [0.3, 0.4) is 0 Å². The van der Waals surface area contributed by atoms with Crippen LogP contribution >= 0.6 is 23.2 Å². The van der Waals surface area contributed by atoms with Gasteiger partial charge in [-0.15, -0.1) is 0 Å². The number of aromatic nitrogens is 2. The van der Waals surface area contributed by atoms with Crippen LogP contribution in [0, 0.1) is 0 Å². The van der Waals surface area contributed by atoms with Crippen LogP contribution in [0.2, 0.25) is 10.0 Å². The Bertz CT molecular complexity index is 759. The van der Waals surface area contributed by atoms with Crippen LogP contribution < -0.4 is 4.74 Å². The van der Waals surface area contributed by atoms with Crippen molar-refractivity contribution in [2.24, 2.45) is 0 Å². The third kappa shape index (κ3) is 1.67. The molecule has 90 valence electrons. The van der Waals surface area contributed by atoms with Crippen molar-refractivity contribution < 1.29 is 4.74 Å². The molecular weight excluding hydrogens is 271 g/mol. The van der Waals surface area contributed by atoms with Gasteiger partial charge in [0.15, 0.2) is 5.75 Å². The summed E-state index contributed by atoms with van der Waals surface area (Å²) < 4.78 is 5.27. The van der Waals surface area contributed by atoms with Crippen LogP contribution in [0.1, 0.15) is 0 Å². The Morgan fingerprint density at radius 2 is 1.56 bits per heavy atom. The van der Waals surface area contributed by atoms with E-state index in [1.54, 1.807) is 13.2 Å². The quantitative estimate of drug-likeness (QED) is 0.629. The second kappa shape index (κ2) is 4.26. The molecule has 0 spiro atoms. The van der Waals surface area contributed by atoms with Gasteiger partial charge in [0.2, 0.25) is 0 Å². The maximum Gasteiger partial charge on any atom is 0.165 e.